The second-order valence-electron chi connectivity index (χ2n) is 5.87. The summed E-state index contributed by atoms with van der Waals surface area (Å²) in [4.78, 5) is 41.2. The van der Waals surface area contributed by atoms with Crippen LogP contribution in [0, 0.1) is 0 Å². The lowest BCUT2D eigenvalue weighted by Crippen LogP contribution is -2.39. The summed E-state index contributed by atoms with van der Waals surface area (Å²) in [6, 6.07) is 10.5. The van der Waals surface area contributed by atoms with Gasteiger partial charge >= 0.3 is 5.69 Å². The van der Waals surface area contributed by atoms with E-state index in [2.05, 4.69) is 10.3 Å². The van der Waals surface area contributed by atoms with Gasteiger partial charge in [-0.1, -0.05) is 0 Å². The molecule has 3 aromatic rings. The average Bonchev–Trinajstić information content (AvgIpc) is 3.12. The second-order valence-corrected chi connectivity index (χ2v) is 5.87. The first kappa shape index (κ1) is 17.3. The molecule has 1 aromatic carbocycles. The molecule has 0 aliphatic carbocycles. The van der Waals surface area contributed by atoms with E-state index in [4.69, 9.17) is 4.42 Å². The summed E-state index contributed by atoms with van der Waals surface area (Å²) < 4.78 is 6.08. The third kappa shape index (κ3) is 3.59. The number of hydrogen-bond acceptors (Lipinski definition) is 5. The number of hydrogen-bond donors (Lipinski definition) is 2. The highest BCUT2D eigenvalue weighted by molar-refractivity contribution is 6.03. The van der Waals surface area contributed by atoms with E-state index in [1.165, 1.54) is 6.26 Å². The van der Waals surface area contributed by atoms with Crippen LogP contribution in [0.5, 0.6) is 0 Å². The minimum absolute atomic E-state index is 0.0557. The van der Waals surface area contributed by atoms with Crippen molar-refractivity contribution in [1.82, 2.24) is 9.55 Å². The Morgan fingerprint density at radius 1 is 1.19 bits per heavy atom. The maximum atomic E-state index is 12.5. The maximum Gasteiger partial charge on any atom is 0.328 e. The standard InChI is InChI=1S/C18H18N4O4/c1-21(2)13-7-5-12(6-8-13)20-16(23)15-10-19-18(25)22(17(15)24)11-14-4-3-9-26-14/h3-10H,11H2,1-2H3,(H,19,25)(H,20,23). The molecule has 1 amide bonds. The van der Waals surface area contributed by atoms with Gasteiger partial charge in [-0.25, -0.2) is 4.79 Å². The molecule has 0 fully saturated rings. The summed E-state index contributed by atoms with van der Waals surface area (Å²) in [6.45, 7) is -0.0557. The van der Waals surface area contributed by atoms with Gasteiger partial charge in [0, 0.05) is 31.7 Å². The highest BCUT2D eigenvalue weighted by Crippen LogP contribution is 2.16. The van der Waals surface area contributed by atoms with E-state index in [1.54, 1.807) is 24.3 Å². The Hall–Kier alpha value is -3.55. The Bertz CT molecular complexity index is 1010. The number of carbonyl (C=O) groups excluding carboxylic acids is 1. The number of carbonyl (C=O) groups is 1. The number of nitrogens with one attached hydrogen (secondary N) is 2. The lowest BCUT2D eigenvalue weighted by atomic mass is 10.2. The molecule has 0 aliphatic rings. The van der Waals surface area contributed by atoms with Crippen molar-refractivity contribution < 1.29 is 9.21 Å². The molecule has 0 radical (unpaired) electrons. The van der Waals surface area contributed by atoms with Gasteiger partial charge in [0.15, 0.2) is 0 Å². The first-order chi connectivity index (χ1) is 12.5. The summed E-state index contributed by atoms with van der Waals surface area (Å²) in [6.07, 6.45) is 2.56. The van der Waals surface area contributed by atoms with E-state index in [0.717, 1.165) is 16.5 Å². The predicted octanol–water partition coefficient (Wildman–Crippen LogP) is 1.50. The zero-order valence-electron chi connectivity index (χ0n) is 14.4. The van der Waals surface area contributed by atoms with E-state index in [9.17, 15) is 14.4 Å². The van der Waals surface area contributed by atoms with Gasteiger partial charge in [0.25, 0.3) is 11.5 Å². The number of nitrogens with zero attached hydrogens (tertiary/aromatic N) is 2. The Morgan fingerprint density at radius 2 is 1.92 bits per heavy atom. The molecule has 0 bridgehead atoms. The molecular formula is C18H18N4O4. The predicted molar refractivity (Wildman–Crippen MR) is 97.9 cm³/mol. The van der Waals surface area contributed by atoms with Crippen LogP contribution in [0.15, 0.2) is 62.9 Å². The zero-order chi connectivity index (χ0) is 18.7. The van der Waals surface area contributed by atoms with Crippen molar-refractivity contribution in [1.29, 1.82) is 0 Å². The molecule has 134 valence electrons. The Labute approximate surface area is 148 Å². The molecule has 0 atom stereocenters. The molecular weight excluding hydrogens is 336 g/mol. The first-order valence-electron chi connectivity index (χ1n) is 7.89. The van der Waals surface area contributed by atoms with Gasteiger partial charge in [-0.3, -0.25) is 14.2 Å². The van der Waals surface area contributed by atoms with Crippen LogP contribution in [0.1, 0.15) is 16.1 Å². The fraction of sp³-hybridized carbons (Fsp3) is 0.167. The molecule has 0 aliphatic heterocycles. The molecule has 0 saturated carbocycles. The van der Waals surface area contributed by atoms with Crippen molar-refractivity contribution in [3.8, 4) is 0 Å². The lowest BCUT2D eigenvalue weighted by molar-refractivity contribution is 0.102. The fourth-order valence-electron chi connectivity index (χ4n) is 2.42. The molecule has 2 heterocycles. The molecule has 0 saturated heterocycles. The van der Waals surface area contributed by atoms with Crippen molar-refractivity contribution >= 4 is 17.3 Å². The normalized spacial score (nSPS) is 10.5. The number of amides is 1. The number of furan rings is 1. The summed E-state index contributed by atoms with van der Waals surface area (Å²) in [5.41, 5.74) is 0.0651. The van der Waals surface area contributed by atoms with Crippen molar-refractivity contribution in [2.75, 3.05) is 24.3 Å². The van der Waals surface area contributed by atoms with Crippen molar-refractivity contribution in [2.24, 2.45) is 0 Å². The zero-order valence-corrected chi connectivity index (χ0v) is 14.4. The highest BCUT2D eigenvalue weighted by Gasteiger charge is 2.16. The van der Waals surface area contributed by atoms with Gasteiger partial charge in [0.1, 0.15) is 11.3 Å². The number of benzene rings is 1. The number of anilines is 2. The molecule has 26 heavy (non-hydrogen) atoms. The average molecular weight is 354 g/mol. The lowest BCUT2D eigenvalue weighted by Gasteiger charge is -2.13. The van der Waals surface area contributed by atoms with E-state index >= 15 is 0 Å². The smallest absolute Gasteiger partial charge is 0.328 e. The molecule has 8 heteroatoms. The van der Waals surface area contributed by atoms with Crippen molar-refractivity contribution in [3.63, 3.8) is 0 Å². The van der Waals surface area contributed by atoms with E-state index in [0.29, 0.717) is 11.4 Å². The van der Waals surface area contributed by atoms with E-state index < -0.39 is 17.2 Å². The summed E-state index contributed by atoms with van der Waals surface area (Å²) in [5, 5.41) is 2.65. The van der Waals surface area contributed by atoms with E-state index in [-0.39, 0.29) is 12.1 Å². The fourth-order valence-corrected chi connectivity index (χ4v) is 2.42. The molecule has 2 aromatic heterocycles. The largest absolute Gasteiger partial charge is 0.467 e. The number of H-pyrrole nitrogens is 1. The Morgan fingerprint density at radius 3 is 2.54 bits per heavy atom. The van der Waals surface area contributed by atoms with E-state index in [1.807, 2.05) is 31.1 Å². The monoisotopic (exact) mass is 354 g/mol. The van der Waals surface area contributed by atoms with Gasteiger partial charge in [-0.2, -0.15) is 0 Å². The Balaban J connectivity index is 1.85. The van der Waals surface area contributed by atoms with Crippen molar-refractivity contribution in [3.05, 3.63) is 81.0 Å². The summed E-state index contributed by atoms with van der Waals surface area (Å²) >= 11 is 0. The summed E-state index contributed by atoms with van der Waals surface area (Å²) in [5.74, 6) is -0.161. The van der Waals surface area contributed by atoms with Gasteiger partial charge in [-0.15, -0.1) is 0 Å². The van der Waals surface area contributed by atoms with Crippen LogP contribution >= 0.6 is 0 Å². The van der Waals surface area contributed by atoms with Crippen LogP contribution < -0.4 is 21.5 Å². The molecule has 3 rings (SSSR count). The highest BCUT2D eigenvalue weighted by atomic mass is 16.3. The quantitative estimate of drug-likeness (QED) is 0.723. The minimum Gasteiger partial charge on any atom is -0.467 e. The van der Waals surface area contributed by atoms with Gasteiger partial charge < -0.3 is 19.6 Å². The number of aromatic amines is 1. The van der Waals surface area contributed by atoms with Crippen LogP contribution in [0.3, 0.4) is 0 Å². The van der Waals surface area contributed by atoms with Crippen LogP contribution in [0.4, 0.5) is 11.4 Å². The first-order valence-corrected chi connectivity index (χ1v) is 7.89. The SMILES string of the molecule is CN(C)c1ccc(NC(=O)c2c[nH]c(=O)n(Cc3ccco3)c2=O)cc1. The van der Waals surface area contributed by atoms with Gasteiger partial charge in [0.2, 0.25) is 0 Å². The van der Waals surface area contributed by atoms with Crippen LogP contribution in [0.25, 0.3) is 0 Å². The molecule has 8 nitrogen and oxygen atoms in total. The molecule has 0 spiro atoms. The third-order valence-electron chi connectivity index (χ3n) is 3.84. The summed E-state index contributed by atoms with van der Waals surface area (Å²) in [7, 11) is 3.82. The number of rotatable bonds is 5. The Kier molecular flexibility index (Phi) is 4.74. The molecule has 2 N–H and O–H groups in total. The van der Waals surface area contributed by atoms with Crippen LogP contribution in [0.2, 0.25) is 0 Å². The topological polar surface area (TPSA) is 100 Å². The maximum absolute atomic E-state index is 12.5. The van der Waals surface area contributed by atoms with Gasteiger partial charge in [0.05, 0.1) is 12.8 Å². The second kappa shape index (κ2) is 7.14. The van der Waals surface area contributed by atoms with Crippen molar-refractivity contribution in [2.45, 2.75) is 6.54 Å². The van der Waals surface area contributed by atoms with Gasteiger partial charge in [-0.05, 0) is 36.4 Å². The number of aromatic nitrogens is 2. The van der Waals surface area contributed by atoms with Crippen LogP contribution in [-0.2, 0) is 6.54 Å². The van der Waals surface area contributed by atoms with Crippen LogP contribution in [-0.4, -0.2) is 29.6 Å². The molecule has 0 unspecified atom stereocenters. The third-order valence-corrected chi connectivity index (χ3v) is 3.84. The minimum atomic E-state index is -0.687.